The molecule has 1 aromatic carbocycles. The van der Waals surface area contributed by atoms with E-state index in [9.17, 15) is 4.79 Å². The van der Waals surface area contributed by atoms with Crippen LogP contribution in [0.5, 0.6) is 0 Å². The molecule has 1 saturated heterocycles. The molecule has 0 N–H and O–H groups in total. The molecule has 2 unspecified atom stereocenters. The van der Waals surface area contributed by atoms with E-state index in [1.165, 1.54) is 5.56 Å². The monoisotopic (exact) mass is 246 g/mol. The molecule has 0 spiro atoms. The van der Waals surface area contributed by atoms with Gasteiger partial charge >= 0.3 is 5.97 Å². The number of carbonyl (C=O) groups excluding carboxylic acids is 1. The van der Waals surface area contributed by atoms with E-state index in [0.29, 0.717) is 18.1 Å². The van der Waals surface area contributed by atoms with Crippen LogP contribution in [0, 0.1) is 0 Å². The third kappa shape index (κ3) is 2.99. The molecular formula is C15H18O3. The van der Waals surface area contributed by atoms with Crippen LogP contribution in [0.15, 0.2) is 42.5 Å². The number of carbonyl (C=O) groups is 1. The summed E-state index contributed by atoms with van der Waals surface area (Å²) in [4.78, 5) is 11.2. The second-order valence-corrected chi connectivity index (χ2v) is 4.59. The van der Waals surface area contributed by atoms with Crippen LogP contribution in [0.25, 0.3) is 0 Å². The molecule has 0 saturated carbocycles. The van der Waals surface area contributed by atoms with Gasteiger partial charge in [-0.3, -0.25) is 0 Å². The van der Waals surface area contributed by atoms with E-state index in [4.69, 9.17) is 9.47 Å². The third-order valence-corrected chi connectivity index (χ3v) is 3.15. The summed E-state index contributed by atoms with van der Waals surface area (Å²) in [6.45, 7) is 6.33. The maximum absolute atomic E-state index is 11.2. The van der Waals surface area contributed by atoms with E-state index in [1.54, 1.807) is 6.92 Å². The lowest BCUT2D eigenvalue weighted by molar-refractivity contribution is -0.142. The lowest BCUT2D eigenvalue weighted by Crippen LogP contribution is -2.38. The van der Waals surface area contributed by atoms with Crippen LogP contribution >= 0.6 is 0 Å². The zero-order chi connectivity index (χ0) is 13.0. The highest BCUT2D eigenvalue weighted by molar-refractivity contribution is 5.86. The zero-order valence-electron chi connectivity index (χ0n) is 10.6. The van der Waals surface area contributed by atoms with Crippen molar-refractivity contribution in [1.82, 2.24) is 0 Å². The van der Waals surface area contributed by atoms with Gasteiger partial charge in [0, 0.05) is 17.9 Å². The first-order chi connectivity index (χ1) is 8.68. The Morgan fingerprint density at radius 2 is 2.17 bits per heavy atom. The highest BCUT2D eigenvalue weighted by atomic mass is 16.5. The summed E-state index contributed by atoms with van der Waals surface area (Å²) in [7, 11) is 0. The highest BCUT2D eigenvalue weighted by Gasteiger charge is 2.33. The normalized spacial score (nSPS) is 22.1. The van der Waals surface area contributed by atoms with E-state index in [2.05, 4.69) is 18.7 Å². The maximum Gasteiger partial charge on any atom is 0.333 e. The summed E-state index contributed by atoms with van der Waals surface area (Å²) in [5.41, 5.74) is 1.73. The fourth-order valence-corrected chi connectivity index (χ4v) is 2.02. The Hall–Kier alpha value is -1.61. The van der Waals surface area contributed by atoms with Crippen molar-refractivity contribution in [2.45, 2.75) is 25.4 Å². The topological polar surface area (TPSA) is 35.5 Å². The average molecular weight is 246 g/mol. The summed E-state index contributed by atoms with van der Waals surface area (Å²) in [5, 5.41) is 0. The maximum atomic E-state index is 11.2. The molecular weight excluding hydrogens is 228 g/mol. The molecule has 1 aliphatic rings. The van der Waals surface area contributed by atoms with Crippen LogP contribution in [-0.4, -0.2) is 25.3 Å². The quantitative estimate of drug-likeness (QED) is 0.592. The number of hydrogen-bond acceptors (Lipinski definition) is 3. The van der Waals surface area contributed by atoms with Gasteiger partial charge in [-0.15, -0.1) is 0 Å². The predicted molar refractivity (Wildman–Crippen MR) is 69.3 cm³/mol. The van der Waals surface area contributed by atoms with Crippen LogP contribution in [0.4, 0.5) is 0 Å². The van der Waals surface area contributed by atoms with Gasteiger partial charge in [0.1, 0.15) is 0 Å². The van der Waals surface area contributed by atoms with Crippen molar-refractivity contribution < 1.29 is 14.3 Å². The lowest BCUT2D eigenvalue weighted by atomic mass is 9.88. The molecule has 0 aliphatic carbocycles. The molecule has 0 amide bonds. The fourth-order valence-electron chi connectivity index (χ4n) is 2.02. The SMILES string of the molecule is C=C(C)C(=O)OCCC1OCC1c1ccccc1. The molecule has 1 fully saturated rings. The molecule has 18 heavy (non-hydrogen) atoms. The Bertz CT molecular complexity index is 425. The third-order valence-electron chi connectivity index (χ3n) is 3.15. The van der Waals surface area contributed by atoms with E-state index in [-0.39, 0.29) is 12.1 Å². The van der Waals surface area contributed by atoms with Gasteiger partial charge in [0.05, 0.1) is 19.3 Å². The predicted octanol–water partition coefficient (Wildman–Crippen LogP) is 2.68. The Balaban J connectivity index is 1.78. The van der Waals surface area contributed by atoms with Crippen molar-refractivity contribution in [2.24, 2.45) is 0 Å². The standard InChI is InChI=1S/C15H18O3/c1-11(2)15(16)17-9-8-14-13(10-18-14)12-6-4-3-5-7-12/h3-7,13-14H,1,8-10H2,2H3. The van der Waals surface area contributed by atoms with E-state index < -0.39 is 0 Å². The molecule has 3 nitrogen and oxygen atoms in total. The average Bonchev–Trinajstić information content (AvgIpc) is 2.34. The molecule has 0 bridgehead atoms. The Labute approximate surface area is 107 Å². The van der Waals surface area contributed by atoms with Crippen LogP contribution in [0.1, 0.15) is 24.8 Å². The minimum atomic E-state index is -0.328. The first-order valence-electron chi connectivity index (χ1n) is 6.17. The summed E-state index contributed by atoms with van der Waals surface area (Å²) in [6.07, 6.45) is 0.892. The zero-order valence-corrected chi connectivity index (χ0v) is 10.6. The van der Waals surface area contributed by atoms with Gasteiger partial charge in [0.15, 0.2) is 0 Å². The van der Waals surface area contributed by atoms with Gasteiger partial charge in [-0.2, -0.15) is 0 Å². The molecule has 1 aromatic rings. The van der Waals surface area contributed by atoms with Gasteiger partial charge in [-0.1, -0.05) is 36.9 Å². The number of benzene rings is 1. The minimum Gasteiger partial charge on any atom is -0.462 e. The van der Waals surface area contributed by atoms with Crippen LogP contribution in [0.3, 0.4) is 0 Å². The molecule has 2 rings (SSSR count). The summed E-state index contributed by atoms with van der Waals surface area (Å²) in [6, 6.07) is 10.3. The lowest BCUT2D eigenvalue weighted by Gasteiger charge is -2.37. The minimum absolute atomic E-state index is 0.158. The van der Waals surface area contributed by atoms with Gasteiger partial charge in [0.2, 0.25) is 0 Å². The van der Waals surface area contributed by atoms with Crippen molar-refractivity contribution >= 4 is 5.97 Å². The van der Waals surface area contributed by atoms with Crippen LogP contribution in [-0.2, 0) is 14.3 Å². The van der Waals surface area contributed by atoms with E-state index >= 15 is 0 Å². The Kier molecular flexibility index (Phi) is 4.15. The van der Waals surface area contributed by atoms with Crippen molar-refractivity contribution in [3.63, 3.8) is 0 Å². The van der Waals surface area contributed by atoms with Crippen LogP contribution in [0.2, 0.25) is 0 Å². The molecule has 3 heteroatoms. The first kappa shape index (κ1) is 12.8. The van der Waals surface area contributed by atoms with E-state index in [1.807, 2.05) is 18.2 Å². The first-order valence-corrected chi connectivity index (χ1v) is 6.17. The second-order valence-electron chi connectivity index (χ2n) is 4.59. The number of hydrogen-bond donors (Lipinski definition) is 0. The van der Waals surface area contributed by atoms with Crippen molar-refractivity contribution in [2.75, 3.05) is 13.2 Å². The second kappa shape index (κ2) is 5.83. The summed E-state index contributed by atoms with van der Waals surface area (Å²) >= 11 is 0. The smallest absolute Gasteiger partial charge is 0.333 e. The van der Waals surface area contributed by atoms with Crippen molar-refractivity contribution in [3.8, 4) is 0 Å². The van der Waals surface area contributed by atoms with Gasteiger partial charge in [-0.05, 0) is 12.5 Å². The number of esters is 1. The van der Waals surface area contributed by atoms with E-state index in [0.717, 1.165) is 13.0 Å². The van der Waals surface area contributed by atoms with Crippen LogP contribution < -0.4 is 0 Å². The van der Waals surface area contributed by atoms with Crippen molar-refractivity contribution in [3.05, 3.63) is 48.0 Å². The fraction of sp³-hybridized carbons (Fsp3) is 0.400. The number of rotatable bonds is 5. The van der Waals surface area contributed by atoms with Gasteiger partial charge < -0.3 is 9.47 Å². The Morgan fingerprint density at radius 1 is 1.44 bits per heavy atom. The van der Waals surface area contributed by atoms with Gasteiger partial charge in [0.25, 0.3) is 0 Å². The molecule has 1 aliphatic heterocycles. The largest absolute Gasteiger partial charge is 0.462 e. The highest BCUT2D eigenvalue weighted by Crippen LogP contribution is 2.32. The molecule has 96 valence electrons. The summed E-state index contributed by atoms with van der Waals surface area (Å²) < 4.78 is 10.6. The van der Waals surface area contributed by atoms with Crippen molar-refractivity contribution in [1.29, 1.82) is 0 Å². The molecule has 2 atom stereocenters. The number of ether oxygens (including phenoxy) is 2. The van der Waals surface area contributed by atoms with Gasteiger partial charge in [-0.25, -0.2) is 4.79 Å². The molecule has 0 aromatic heterocycles. The molecule has 1 heterocycles. The Morgan fingerprint density at radius 3 is 2.72 bits per heavy atom. The summed E-state index contributed by atoms with van der Waals surface area (Å²) in [5.74, 6) is 0.0975. The molecule has 0 radical (unpaired) electrons.